The number of aromatic hydroxyl groups is 1. The summed E-state index contributed by atoms with van der Waals surface area (Å²) in [7, 11) is 1.57. The molecular weight excluding hydrogens is 228 g/mol. The summed E-state index contributed by atoms with van der Waals surface area (Å²) in [6.45, 7) is 2.39. The van der Waals surface area contributed by atoms with Crippen LogP contribution in [-0.4, -0.2) is 24.6 Å². The number of aryl methyl sites for hydroxylation is 1. The Labute approximate surface area is 99.6 Å². The van der Waals surface area contributed by atoms with Crippen molar-refractivity contribution >= 4 is 17.5 Å². The second-order valence-electron chi connectivity index (χ2n) is 3.51. The lowest BCUT2D eigenvalue weighted by Gasteiger charge is -2.09. The van der Waals surface area contributed by atoms with Crippen molar-refractivity contribution in [2.45, 2.75) is 13.5 Å². The van der Waals surface area contributed by atoms with E-state index >= 15 is 0 Å². The quantitative estimate of drug-likeness (QED) is 0.743. The van der Waals surface area contributed by atoms with Gasteiger partial charge >= 0.3 is 0 Å². The number of amides is 1. The first-order chi connectivity index (χ1) is 7.54. The number of phenols is 1. The first kappa shape index (κ1) is 12.8. The molecule has 0 aliphatic rings. The smallest absolute Gasteiger partial charge is 0.233 e. The van der Waals surface area contributed by atoms with Crippen LogP contribution in [0.25, 0.3) is 0 Å². The molecular formula is C11H15ClN2O2. The van der Waals surface area contributed by atoms with Crippen molar-refractivity contribution in [2.75, 3.05) is 13.6 Å². The second-order valence-corrected chi connectivity index (χ2v) is 3.94. The monoisotopic (exact) mass is 242 g/mol. The molecule has 0 spiro atoms. The highest BCUT2D eigenvalue weighted by Crippen LogP contribution is 2.26. The van der Waals surface area contributed by atoms with Gasteiger partial charge in [-0.1, -0.05) is 11.6 Å². The number of hydrogen-bond acceptors (Lipinski definition) is 3. The zero-order valence-corrected chi connectivity index (χ0v) is 10.1. The Morgan fingerprint density at radius 3 is 2.81 bits per heavy atom. The Hall–Kier alpha value is -1.26. The van der Waals surface area contributed by atoms with Crippen molar-refractivity contribution in [1.29, 1.82) is 0 Å². The third kappa shape index (κ3) is 3.40. The Bertz CT molecular complexity index is 394. The number of halogens is 1. The highest BCUT2D eigenvalue weighted by Gasteiger charge is 2.06. The minimum Gasteiger partial charge on any atom is -0.507 e. The molecule has 1 aromatic carbocycles. The van der Waals surface area contributed by atoms with E-state index in [0.717, 1.165) is 5.56 Å². The van der Waals surface area contributed by atoms with E-state index in [1.165, 1.54) is 0 Å². The van der Waals surface area contributed by atoms with E-state index in [4.69, 9.17) is 11.6 Å². The summed E-state index contributed by atoms with van der Waals surface area (Å²) in [6.07, 6.45) is 0. The summed E-state index contributed by atoms with van der Waals surface area (Å²) in [6, 6.07) is 3.37. The maximum absolute atomic E-state index is 11.0. The van der Waals surface area contributed by atoms with Crippen molar-refractivity contribution in [3.63, 3.8) is 0 Å². The van der Waals surface area contributed by atoms with E-state index in [-0.39, 0.29) is 18.2 Å². The standard InChI is InChI=1S/C11H15ClN2O2/c1-7-3-9(12)4-8(11(7)16)5-14-6-10(15)13-2/h3-4,14,16H,5-6H2,1-2H3,(H,13,15). The first-order valence-electron chi connectivity index (χ1n) is 4.94. The van der Waals surface area contributed by atoms with Gasteiger partial charge in [0, 0.05) is 24.2 Å². The molecule has 1 aromatic rings. The Morgan fingerprint density at radius 2 is 2.19 bits per heavy atom. The number of nitrogens with one attached hydrogen (secondary N) is 2. The van der Waals surface area contributed by atoms with Crippen LogP contribution in [0.1, 0.15) is 11.1 Å². The minimum atomic E-state index is -0.0989. The van der Waals surface area contributed by atoms with Crippen molar-refractivity contribution < 1.29 is 9.90 Å². The lowest BCUT2D eigenvalue weighted by atomic mass is 10.1. The van der Waals surface area contributed by atoms with Crippen LogP contribution in [0.5, 0.6) is 5.75 Å². The lowest BCUT2D eigenvalue weighted by molar-refractivity contribution is -0.119. The van der Waals surface area contributed by atoms with Crippen LogP contribution in [0.3, 0.4) is 0 Å². The summed E-state index contributed by atoms with van der Waals surface area (Å²) < 4.78 is 0. The number of rotatable bonds is 4. The second kappa shape index (κ2) is 5.72. The molecule has 1 amide bonds. The molecule has 4 nitrogen and oxygen atoms in total. The first-order valence-corrected chi connectivity index (χ1v) is 5.31. The van der Waals surface area contributed by atoms with Crippen LogP contribution >= 0.6 is 11.6 Å². The number of hydrogen-bond donors (Lipinski definition) is 3. The van der Waals surface area contributed by atoms with E-state index < -0.39 is 0 Å². The van der Waals surface area contributed by atoms with E-state index in [1.807, 2.05) is 0 Å². The van der Waals surface area contributed by atoms with Crippen LogP contribution in [-0.2, 0) is 11.3 Å². The third-order valence-electron chi connectivity index (χ3n) is 2.22. The predicted molar refractivity (Wildman–Crippen MR) is 63.6 cm³/mol. The Kier molecular flexibility index (Phi) is 4.58. The van der Waals surface area contributed by atoms with Crippen molar-refractivity contribution in [2.24, 2.45) is 0 Å². The fourth-order valence-corrected chi connectivity index (χ4v) is 1.63. The maximum atomic E-state index is 11.0. The Morgan fingerprint density at radius 1 is 1.50 bits per heavy atom. The molecule has 0 heterocycles. The van der Waals surface area contributed by atoms with Gasteiger partial charge < -0.3 is 15.7 Å². The number of carbonyl (C=O) groups is 1. The summed E-state index contributed by atoms with van der Waals surface area (Å²) in [4.78, 5) is 11.0. The predicted octanol–water partition coefficient (Wildman–Crippen LogP) is 1.19. The largest absolute Gasteiger partial charge is 0.507 e. The molecule has 88 valence electrons. The summed E-state index contributed by atoms with van der Waals surface area (Å²) in [5, 5.41) is 15.7. The molecule has 0 atom stereocenters. The molecule has 0 unspecified atom stereocenters. The zero-order valence-electron chi connectivity index (χ0n) is 9.30. The average molecular weight is 243 g/mol. The molecule has 0 radical (unpaired) electrons. The van der Waals surface area contributed by atoms with Crippen LogP contribution in [0, 0.1) is 6.92 Å². The lowest BCUT2D eigenvalue weighted by Crippen LogP contribution is -2.31. The van der Waals surface area contributed by atoms with E-state index in [1.54, 1.807) is 26.1 Å². The van der Waals surface area contributed by atoms with Crippen molar-refractivity contribution in [1.82, 2.24) is 10.6 Å². The highest BCUT2D eigenvalue weighted by molar-refractivity contribution is 6.30. The molecule has 0 aliphatic heterocycles. The van der Waals surface area contributed by atoms with Crippen molar-refractivity contribution in [3.05, 3.63) is 28.3 Å². The fraction of sp³-hybridized carbons (Fsp3) is 0.364. The molecule has 1 rings (SSSR count). The molecule has 16 heavy (non-hydrogen) atoms. The molecule has 5 heteroatoms. The van der Waals surface area contributed by atoms with Gasteiger partial charge in [0.1, 0.15) is 5.75 Å². The fourth-order valence-electron chi connectivity index (χ4n) is 1.34. The van der Waals surface area contributed by atoms with Crippen molar-refractivity contribution in [3.8, 4) is 5.75 Å². The van der Waals surface area contributed by atoms with Crippen LogP contribution in [0.4, 0.5) is 0 Å². The number of carbonyl (C=O) groups excluding carboxylic acids is 1. The number of likely N-dealkylation sites (N-methyl/N-ethyl adjacent to an activating group) is 1. The molecule has 0 aliphatic carbocycles. The minimum absolute atomic E-state index is 0.0989. The number of phenolic OH excluding ortho intramolecular Hbond substituents is 1. The van der Waals surface area contributed by atoms with Gasteiger partial charge in [-0.05, 0) is 24.6 Å². The highest BCUT2D eigenvalue weighted by atomic mass is 35.5. The van der Waals surface area contributed by atoms with Crippen LogP contribution in [0.15, 0.2) is 12.1 Å². The summed E-state index contributed by atoms with van der Waals surface area (Å²) >= 11 is 5.87. The molecule has 0 saturated heterocycles. The van der Waals surface area contributed by atoms with Crippen LogP contribution in [0.2, 0.25) is 5.02 Å². The van der Waals surface area contributed by atoms with Gasteiger partial charge in [0.25, 0.3) is 0 Å². The van der Waals surface area contributed by atoms with E-state index in [0.29, 0.717) is 17.1 Å². The zero-order chi connectivity index (χ0) is 12.1. The summed E-state index contributed by atoms with van der Waals surface area (Å²) in [5.74, 6) is 0.118. The topological polar surface area (TPSA) is 61.4 Å². The van der Waals surface area contributed by atoms with E-state index in [2.05, 4.69) is 10.6 Å². The molecule has 0 saturated carbocycles. The SMILES string of the molecule is CNC(=O)CNCc1cc(Cl)cc(C)c1O. The van der Waals surface area contributed by atoms with Gasteiger partial charge in [-0.25, -0.2) is 0 Å². The molecule has 0 aromatic heterocycles. The third-order valence-corrected chi connectivity index (χ3v) is 2.44. The van der Waals surface area contributed by atoms with E-state index in [9.17, 15) is 9.90 Å². The van der Waals surface area contributed by atoms with Gasteiger partial charge in [0.05, 0.1) is 6.54 Å². The van der Waals surface area contributed by atoms with Gasteiger partial charge in [0.15, 0.2) is 0 Å². The summed E-state index contributed by atoms with van der Waals surface area (Å²) in [5.41, 5.74) is 1.41. The molecule has 0 bridgehead atoms. The van der Waals surface area contributed by atoms with Gasteiger partial charge in [-0.3, -0.25) is 4.79 Å². The maximum Gasteiger partial charge on any atom is 0.233 e. The van der Waals surface area contributed by atoms with Crippen LogP contribution < -0.4 is 10.6 Å². The number of benzene rings is 1. The van der Waals surface area contributed by atoms with Gasteiger partial charge in [-0.2, -0.15) is 0 Å². The Balaban J connectivity index is 2.63. The average Bonchev–Trinajstić information content (AvgIpc) is 2.24. The molecule has 3 N–H and O–H groups in total. The normalized spacial score (nSPS) is 10.2. The van der Waals surface area contributed by atoms with Gasteiger partial charge in [-0.15, -0.1) is 0 Å². The molecule has 0 fully saturated rings. The van der Waals surface area contributed by atoms with Gasteiger partial charge in [0.2, 0.25) is 5.91 Å².